The average Bonchev–Trinajstić information content (AvgIpc) is 2.76. The molecule has 4 heteroatoms. The smallest absolute Gasteiger partial charge is 0.243 e. The molecule has 0 aliphatic carbocycles. The minimum atomic E-state index is -0.332. The van der Waals surface area contributed by atoms with Gasteiger partial charge >= 0.3 is 0 Å². The van der Waals surface area contributed by atoms with Crippen LogP contribution in [0.4, 0.5) is 0 Å². The van der Waals surface area contributed by atoms with Gasteiger partial charge in [-0.1, -0.05) is 30.3 Å². The molecule has 0 spiro atoms. The minimum Gasteiger partial charge on any atom is -0.352 e. The number of rotatable bonds is 2. The number of amides is 2. The Morgan fingerprint density at radius 1 is 1.22 bits per heavy atom. The van der Waals surface area contributed by atoms with Gasteiger partial charge in [-0.05, 0) is 12.0 Å². The zero-order valence-electron chi connectivity index (χ0n) is 10.1. The zero-order chi connectivity index (χ0) is 12.5. The third-order valence-electron chi connectivity index (χ3n) is 3.80. The summed E-state index contributed by atoms with van der Waals surface area (Å²) in [5.41, 5.74) is 1.10. The minimum absolute atomic E-state index is 0.0228. The van der Waals surface area contributed by atoms with Crippen LogP contribution in [0.2, 0.25) is 0 Å². The lowest BCUT2D eigenvalue weighted by atomic mass is 10.0. The van der Waals surface area contributed by atoms with Crippen molar-refractivity contribution < 1.29 is 9.59 Å². The van der Waals surface area contributed by atoms with Crippen LogP contribution in [0.5, 0.6) is 0 Å². The van der Waals surface area contributed by atoms with Gasteiger partial charge in [-0.3, -0.25) is 9.59 Å². The first-order valence-electron chi connectivity index (χ1n) is 6.38. The molecule has 94 valence electrons. The Labute approximate surface area is 106 Å². The number of piperazine rings is 1. The molecule has 2 heterocycles. The van der Waals surface area contributed by atoms with E-state index in [1.54, 1.807) is 4.90 Å². The lowest BCUT2D eigenvalue weighted by Crippen LogP contribution is -2.60. The third-order valence-corrected chi connectivity index (χ3v) is 3.80. The molecule has 1 aromatic carbocycles. The van der Waals surface area contributed by atoms with E-state index in [4.69, 9.17) is 0 Å². The van der Waals surface area contributed by atoms with Crippen LogP contribution in [-0.4, -0.2) is 35.3 Å². The van der Waals surface area contributed by atoms with Crippen molar-refractivity contribution in [2.45, 2.75) is 31.3 Å². The molecule has 0 bridgehead atoms. The molecule has 0 unspecified atom stereocenters. The van der Waals surface area contributed by atoms with E-state index in [9.17, 15) is 9.59 Å². The molecule has 2 fully saturated rings. The second-order valence-electron chi connectivity index (χ2n) is 4.94. The Morgan fingerprint density at radius 2 is 2.00 bits per heavy atom. The number of nitrogens with one attached hydrogen (secondary N) is 1. The van der Waals surface area contributed by atoms with Crippen LogP contribution < -0.4 is 5.32 Å². The Kier molecular flexibility index (Phi) is 2.78. The van der Waals surface area contributed by atoms with Crippen molar-refractivity contribution in [1.29, 1.82) is 0 Å². The van der Waals surface area contributed by atoms with Gasteiger partial charge in [0.1, 0.15) is 6.04 Å². The van der Waals surface area contributed by atoms with Crippen molar-refractivity contribution in [1.82, 2.24) is 10.2 Å². The van der Waals surface area contributed by atoms with Crippen LogP contribution in [0.3, 0.4) is 0 Å². The van der Waals surface area contributed by atoms with Crippen molar-refractivity contribution in [3.8, 4) is 0 Å². The highest BCUT2D eigenvalue weighted by atomic mass is 16.2. The quantitative estimate of drug-likeness (QED) is 0.833. The van der Waals surface area contributed by atoms with Crippen molar-refractivity contribution in [3.05, 3.63) is 35.9 Å². The van der Waals surface area contributed by atoms with E-state index in [1.807, 2.05) is 30.3 Å². The zero-order valence-corrected chi connectivity index (χ0v) is 10.1. The van der Waals surface area contributed by atoms with Crippen molar-refractivity contribution in [2.75, 3.05) is 6.54 Å². The van der Waals surface area contributed by atoms with Crippen LogP contribution in [0.1, 0.15) is 18.4 Å². The monoisotopic (exact) mass is 244 g/mol. The number of carbonyl (C=O) groups excluding carboxylic acids is 2. The number of fused-ring (bicyclic) bond motifs is 1. The Bertz CT molecular complexity index is 472. The second-order valence-corrected chi connectivity index (χ2v) is 4.94. The summed E-state index contributed by atoms with van der Waals surface area (Å²) in [5, 5.41) is 2.91. The molecular formula is C14H16N2O2. The summed E-state index contributed by atoms with van der Waals surface area (Å²) in [7, 11) is 0. The summed E-state index contributed by atoms with van der Waals surface area (Å²) in [5.74, 6) is 0.0983. The first kappa shape index (κ1) is 11.3. The summed E-state index contributed by atoms with van der Waals surface area (Å²) < 4.78 is 0. The molecule has 1 N–H and O–H groups in total. The lowest BCUT2D eigenvalue weighted by molar-refractivity contribution is -0.142. The van der Waals surface area contributed by atoms with Gasteiger partial charge < -0.3 is 10.2 Å². The Balaban J connectivity index is 1.84. The van der Waals surface area contributed by atoms with Gasteiger partial charge in [0.05, 0.1) is 6.04 Å². The van der Waals surface area contributed by atoms with Gasteiger partial charge in [0.15, 0.2) is 0 Å². The van der Waals surface area contributed by atoms with Crippen molar-refractivity contribution in [2.24, 2.45) is 0 Å². The van der Waals surface area contributed by atoms with Gasteiger partial charge in [0.2, 0.25) is 11.8 Å². The van der Waals surface area contributed by atoms with Crippen LogP contribution in [-0.2, 0) is 16.0 Å². The lowest BCUT2D eigenvalue weighted by Gasteiger charge is -2.37. The Hall–Kier alpha value is -1.84. The maximum absolute atomic E-state index is 12.0. The molecule has 2 aliphatic heterocycles. The molecule has 0 aromatic heterocycles. The molecule has 2 atom stereocenters. The van der Waals surface area contributed by atoms with Crippen LogP contribution in [0.25, 0.3) is 0 Å². The van der Waals surface area contributed by atoms with E-state index in [0.717, 1.165) is 12.0 Å². The molecule has 2 amide bonds. The molecule has 4 nitrogen and oxygen atoms in total. The molecule has 2 saturated heterocycles. The van der Waals surface area contributed by atoms with Crippen LogP contribution >= 0.6 is 0 Å². The molecule has 3 rings (SSSR count). The van der Waals surface area contributed by atoms with Gasteiger partial charge in [-0.15, -0.1) is 0 Å². The number of nitrogens with zero attached hydrogens (tertiary/aromatic N) is 1. The number of hydrogen-bond donors (Lipinski definition) is 1. The fourth-order valence-corrected chi connectivity index (χ4v) is 2.88. The van der Waals surface area contributed by atoms with Gasteiger partial charge in [-0.25, -0.2) is 0 Å². The topological polar surface area (TPSA) is 49.4 Å². The number of carbonyl (C=O) groups is 2. The van der Waals surface area contributed by atoms with Crippen molar-refractivity contribution in [3.63, 3.8) is 0 Å². The van der Waals surface area contributed by atoms with Crippen LogP contribution in [0, 0.1) is 0 Å². The molecule has 2 aliphatic rings. The van der Waals surface area contributed by atoms with E-state index >= 15 is 0 Å². The first-order chi connectivity index (χ1) is 8.75. The van der Waals surface area contributed by atoms with Gasteiger partial charge in [0.25, 0.3) is 0 Å². The summed E-state index contributed by atoms with van der Waals surface area (Å²) in [6.45, 7) is 0.607. The van der Waals surface area contributed by atoms with E-state index in [0.29, 0.717) is 19.4 Å². The summed E-state index contributed by atoms with van der Waals surface area (Å²) in [6, 6.07) is 9.73. The van der Waals surface area contributed by atoms with Gasteiger partial charge in [0, 0.05) is 19.4 Å². The maximum atomic E-state index is 12.0. The van der Waals surface area contributed by atoms with Gasteiger partial charge in [-0.2, -0.15) is 0 Å². The second kappa shape index (κ2) is 4.44. The molecule has 18 heavy (non-hydrogen) atoms. The molecule has 0 radical (unpaired) electrons. The highest BCUT2D eigenvalue weighted by molar-refractivity contribution is 5.90. The summed E-state index contributed by atoms with van der Waals surface area (Å²) in [6.07, 6.45) is 2.05. The predicted molar refractivity (Wildman–Crippen MR) is 66.8 cm³/mol. The fourth-order valence-electron chi connectivity index (χ4n) is 2.88. The van der Waals surface area contributed by atoms with E-state index in [2.05, 4.69) is 5.32 Å². The summed E-state index contributed by atoms with van der Waals surface area (Å²) in [4.78, 5) is 25.7. The van der Waals surface area contributed by atoms with E-state index in [-0.39, 0.29) is 23.9 Å². The van der Waals surface area contributed by atoms with E-state index < -0.39 is 0 Å². The number of benzene rings is 1. The molecule has 1 aromatic rings. The highest BCUT2D eigenvalue weighted by Gasteiger charge is 2.42. The maximum Gasteiger partial charge on any atom is 0.243 e. The van der Waals surface area contributed by atoms with Crippen molar-refractivity contribution >= 4 is 11.8 Å². The number of hydrogen-bond acceptors (Lipinski definition) is 2. The predicted octanol–water partition coefficient (Wildman–Crippen LogP) is 0.718. The third kappa shape index (κ3) is 1.88. The van der Waals surface area contributed by atoms with Crippen LogP contribution in [0.15, 0.2) is 30.3 Å². The summed E-state index contributed by atoms with van der Waals surface area (Å²) >= 11 is 0. The largest absolute Gasteiger partial charge is 0.352 e. The van der Waals surface area contributed by atoms with E-state index in [1.165, 1.54) is 0 Å². The Morgan fingerprint density at radius 3 is 2.78 bits per heavy atom. The fraction of sp³-hybridized carbons (Fsp3) is 0.429. The first-order valence-corrected chi connectivity index (χ1v) is 6.38. The standard InChI is InChI=1S/C14H16N2O2/c17-13-7-6-11-9-15-14(18)12(16(11)13)8-10-4-2-1-3-5-10/h1-5,11-12H,6-9H2,(H,15,18)/t11-,12-/m0/s1. The highest BCUT2D eigenvalue weighted by Crippen LogP contribution is 2.25. The SMILES string of the molecule is O=C1NC[C@@H]2CCC(=O)N2[C@H]1Cc1ccccc1. The molecule has 0 saturated carbocycles. The average molecular weight is 244 g/mol. The normalized spacial score (nSPS) is 27.0. The molecular weight excluding hydrogens is 228 g/mol.